The Balaban J connectivity index is 1.33. The highest BCUT2D eigenvalue weighted by atomic mass is 15.1. The predicted molar refractivity (Wildman–Crippen MR) is 239 cm³/mol. The number of terminal acetylenes is 1. The van der Waals surface area contributed by atoms with Crippen molar-refractivity contribution in [3.8, 4) is 56.9 Å². The van der Waals surface area contributed by atoms with Crippen LogP contribution in [-0.2, 0) is 10.8 Å². The lowest BCUT2D eigenvalue weighted by Crippen LogP contribution is -2.18. The van der Waals surface area contributed by atoms with E-state index in [1.807, 2.05) is 0 Å². The summed E-state index contributed by atoms with van der Waals surface area (Å²) in [6.45, 7) is 16.1. The Morgan fingerprint density at radius 3 is 1.55 bits per heavy atom. The second kappa shape index (κ2) is 13.1. The molecule has 0 spiro atoms. The van der Waals surface area contributed by atoms with Crippen LogP contribution in [0, 0.1) is 33.1 Å². The van der Waals surface area contributed by atoms with Crippen LogP contribution >= 0.6 is 0 Å². The normalized spacial score (nSPS) is 14.2. The summed E-state index contributed by atoms with van der Waals surface area (Å²) in [6, 6.07) is 52.3. The summed E-state index contributed by atoms with van der Waals surface area (Å²) >= 11 is 0. The first-order chi connectivity index (χ1) is 27.0. The van der Waals surface area contributed by atoms with Gasteiger partial charge in [0, 0.05) is 27.8 Å². The van der Waals surface area contributed by atoms with Crippen molar-refractivity contribution in [3.05, 3.63) is 190 Å². The molecule has 2 aliphatic rings. The summed E-state index contributed by atoms with van der Waals surface area (Å²) in [4.78, 5) is 2.51. The Labute approximate surface area is 333 Å². The SMILES string of the molecule is C#C/C=C\c1c(C)cccc1-c1ccc(N(c2ccc3c(c2)C(C)(C)c2ccccc2-3)c2ccc3c(c2)C(C)(C)c2ccccc2-3)c(-c2c(C)cccc2C)c1. The molecule has 2 aliphatic carbocycles. The molecule has 1 heteroatoms. The maximum Gasteiger partial charge on any atom is 0.0540 e. The van der Waals surface area contributed by atoms with Crippen molar-refractivity contribution in [2.45, 2.75) is 59.3 Å². The number of anilines is 3. The summed E-state index contributed by atoms with van der Waals surface area (Å²) in [6.07, 6.45) is 9.59. The topological polar surface area (TPSA) is 3.24 Å². The molecule has 0 heterocycles. The highest BCUT2D eigenvalue weighted by Gasteiger charge is 2.38. The molecule has 0 radical (unpaired) electrons. The fourth-order valence-corrected chi connectivity index (χ4v) is 9.71. The molecule has 0 aliphatic heterocycles. The fourth-order valence-electron chi connectivity index (χ4n) is 9.71. The Hall–Kier alpha value is -6.36. The van der Waals surface area contributed by atoms with Crippen molar-refractivity contribution in [1.29, 1.82) is 0 Å². The molecule has 9 rings (SSSR count). The average Bonchev–Trinajstić information content (AvgIpc) is 3.57. The standard InChI is InChI=1S/C55H47N/c1-9-10-20-41-35(2)17-16-23-42(41)38-26-31-52(47(32-38)53-36(3)18-15-19-37(53)4)56(39-27-29-45-43-21-11-13-24-48(43)54(5,6)50(45)33-39)40-28-30-46-44-22-12-14-25-49(44)55(7,8)51(46)34-40/h1,10-34H,2-8H3/b20-10-. The molecule has 0 bridgehead atoms. The minimum absolute atomic E-state index is 0.137. The van der Waals surface area contributed by atoms with Gasteiger partial charge < -0.3 is 4.90 Å². The van der Waals surface area contributed by atoms with Gasteiger partial charge >= 0.3 is 0 Å². The molecule has 0 atom stereocenters. The smallest absolute Gasteiger partial charge is 0.0540 e. The highest BCUT2D eigenvalue weighted by molar-refractivity contribution is 5.95. The monoisotopic (exact) mass is 721 g/mol. The van der Waals surface area contributed by atoms with Gasteiger partial charge in [-0.25, -0.2) is 0 Å². The molecule has 0 aromatic heterocycles. The van der Waals surface area contributed by atoms with E-state index in [0.29, 0.717) is 0 Å². The molecule has 0 saturated heterocycles. The number of hydrogen-bond acceptors (Lipinski definition) is 1. The van der Waals surface area contributed by atoms with Gasteiger partial charge in [0.15, 0.2) is 0 Å². The van der Waals surface area contributed by atoms with E-state index in [2.05, 4.69) is 205 Å². The molecule has 0 saturated carbocycles. The van der Waals surface area contributed by atoms with Gasteiger partial charge in [0.2, 0.25) is 0 Å². The zero-order chi connectivity index (χ0) is 38.9. The van der Waals surface area contributed by atoms with Crippen LogP contribution < -0.4 is 4.90 Å². The van der Waals surface area contributed by atoms with Gasteiger partial charge in [-0.15, -0.1) is 6.42 Å². The Kier molecular flexibility index (Phi) is 8.30. The second-order valence-electron chi connectivity index (χ2n) is 16.7. The maximum atomic E-state index is 5.72. The van der Waals surface area contributed by atoms with Gasteiger partial charge in [0.1, 0.15) is 0 Å². The summed E-state index contributed by atoms with van der Waals surface area (Å²) in [5.41, 5.74) is 23.5. The third kappa shape index (κ3) is 5.39. The maximum absolute atomic E-state index is 5.72. The lowest BCUT2D eigenvalue weighted by molar-refractivity contribution is 0.660. The van der Waals surface area contributed by atoms with Crippen LogP contribution in [-0.4, -0.2) is 0 Å². The Morgan fingerprint density at radius 1 is 0.482 bits per heavy atom. The average molecular weight is 722 g/mol. The third-order valence-corrected chi connectivity index (χ3v) is 12.6. The van der Waals surface area contributed by atoms with Gasteiger partial charge in [-0.3, -0.25) is 0 Å². The summed E-state index contributed by atoms with van der Waals surface area (Å²) < 4.78 is 0. The fraction of sp³-hybridized carbons (Fsp3) is 0.164. The molecule has 272 valence electrons. The number of benzene rings is 7. The van der Waals surface area contributed by atoms with E-state index >= 15 is 0 Å². The molecule has 0 fully saturated rings. The van der Waals surface area contributed by atoms with E-state index in [1.165, 1.54) is 72.3 Å². The van der Waals surface area contributed by atoms with Gasteiger partial charge in [0.25, 0.3) is 0 Å². The third-order valence-electron chi connectivity index (χ3n) is 12.6. The number of rotatable bonds is 6. The summed E-state index contributed by atoms with van der Waals surface area (Å²) in [5, 5.41) is 0. The van der Waals surface area contributed by atoms with Crippen LogP contribution in [0.15, 0.2) is 146 Å². The molecular formula is C55H47N. The van der Waals surface area contributed by atoms with E-state index in [-0.39, 0.29) is 10.8 Å². The lowest BCUT2D eigenvalue weighted by atomic mass is 9.82. The molecule has 56 heavy (non-hydrogen) atoms. The number of aryl methyl sites for hydroxylation is 3. The van der Waals surface area contributed by atoms with Crippen LogP contribution in [0.4, 0.5) is 17.1 Å². The predicted octanol–water partition coefficient (Wildman–Crippen LogP) is 14.7. The van der Waals surface area contributed by atoms with E-state index in [1.54, 1.807) is 6.08 Å². The molecule has 7 aromatic carbocycles. The number of nitrogens with zero attached hydrogens (tertiary/aromatic N) is 1. The van der Waals surface area contributed by atoms with Gasteiger partial charge in [-0.2, -0.15) is 0 Å². The number of hydrogen-bond donors (Lipinski definition) is 0. The Bertz CT molecular complexity index is 2670. The molecule has 1 nitrogen and oxygen atoms in total. The highest BCUT2D eigenvalue weighted by Crippen LogP contribution is 2.54. The van der Waals surface area contributed by atoms with Crippen LogP contribution in [0.1, 0.15) is 72.2 Å². The van der Waals surface area contributed by atoms with Crippen molar-refractivity contribution in [1.82, 2.24) is 0 Å². The molecule has 0 amide bonds. The number of fused-ring (bicyclic) bond motifs is 6. The van der Waals surface area contributed by atoms with Crippen molar-refractivity contribution >= 4 is 23.1 Å². The van der Waals surface area contributed by atoms with Gasteiger partial charge in [0.05, 0.1) is 5.69 Å². The second-order valence-corrected chi connectivity index (χ2v) is 16.7. The quantitative estimate of drug-likeness (QED) is 0.155. The van der Waals surface area contributed by atoms with Gasteiger partial charge in [-0.05, 0) is 153 Å². The van der Waals surface area contributed by atoms with Crippen LogP contribution in [0.3, 0.4) is 0 Å². The van der Waals surface area contributed by atoms with Crippen molar-refractivity contribution in [3.63, 3.8) is 0 Å². The van der Waals surface area contributed by atoms with Crippen molar-refractivity contribution in [2.75, 3.05) is 4.90 Å². The molecule has 0 unspecified atom stereocenters. The first kappa shape index (κ1) is 35.3. The first-order valence-corrected chi connectivity index (χ1v) is 19.7. The van der Waals surface area contributed by atoms with E-state index in [4.69, 9.17) is 6.42 Å². The van der Waals surface area contributed by atoms with Crippen LogP contribution in [0.2, 0.25) is 0 Å². The summed E-state index contributed by atoms with van der Waals surface area (Å²) in [5.74, 6) is 2.71. The number of allylic oxidation sites excluding steroid dienone is 1. The van der Waals surface area contributed by atoms with Crippen LogP contribution in [0.5, 0.6) is 0 Å². The molecular weight excluding hydrogens is 675 g/mol. The zero-order valence-electron chi connectivity index (χ0n) is 33.5. The van der Waals surface area contributed by atoms with E-state index < -0.39 is 0 Å². The molecule has 7 aromatic rings. The van der Waals surface area contributed by atoms with E-state index in [9.17, 15) is 0 Å². The Morgan fingerprint density at radius 2 is 0.982 bits per heavy atom. The van der Waals surface area contributed by atoms with E-state index in [0.717, 1.165) is 33.8 Å². The molecule has 0 N–H and O–H groups in total. The van der Waals surface area contributed by atoms with Crippen molar-refractivity contribution in [2.24, 2.45) is 0 Å². The minimum atomic E-state index is -0.137. The minimum Gasteiger partial charge on any atom is -0.310 e. The van der Waals surface area contributed by atoms with Crippen LogP contribution in [0.25, 0.3) is 50.6 Å². The lowest BCUT2D eigenvalue weighted by Gasteiger charge is -2.32. The van der Waals surface area contributed by atoms with Gasteiger partial charge in [-0.1, -0.05) is 137 Å². The summed E-state index contributed by atoms with van der Waals surface area (Å²) in [7, 11) is 0. The largest absolute Gasteiger partial charge is 0.310 e. The van der Waals surface area contributed by atoms with Crippen molar-refractivity contribution < 1.29 is 0 Å². The first-order valence-electron chi connectivity index (χ1n) is 19.7. The zero-order valence-corrected chi connectivity index (χ0v) is 33.5.